The summed E-state index contributed by atoms with van der Waals surface area (Å²) in [7, 11) is -3.60. The number of benzene rings is 1. The summed E-state index contributed by atoms with van der Waals surface area (Å²) in [6, 6.07) is 9.06. The molecule has 1 N–H and O–H groups in total. The van der Waals surface area contributed by atoms with Crippen LogP contribution in [0.15, 0.2) is 50.2 Å². The van der Waals surface area contributed by atoms with E-state index in [2.05, 4.69) is 16.6 Å². The number of anilines is 1. The van der Waals surface area contributed by atoms with Crippen molar-refractivity contribution in [1.82, 2.24) is 4.98 Å². The predicted molar refractivity (Wildman–Crippen MR) is 104 cm³/mol. The van der Waals surface area contributed by atoms with Gasteiger partial charge >= 0.3 is 0 Å². The Hall–Kier alpha value is -1.35. The summed E-state index contributed by atoms with van der Waals surface area (Å²) in [5, 5.41) is 4.70. The standard InChI is InChI=1S/C16H16N2O2S4/c1-3-12-10-23-16(17-12)11-8-15(22-9-11)24(19,20)18-13-6-4-5-7-14(13)21-2/h4-10,18H,3H2,1-2H3. The molecule has 0 aliphatic rings. The first-order valence-corrected chi connectivity index (χ1v) is 11.7. The lowest BCUT2D eigenvalue weighted by Gasteiger charge is -2.09. The van der Waals surface area contributed by atoms with Gasteiger partial charge in [0.2, 0.25) is 0 Å². The lowest BCUT2D eigenvalue weighted by atomic mass is 10.3. The van der Waals surface area contributed by atoms with Gasteiger partial charge in [0.15, 0.2) is 0 Å². The molecule has 0 aliphatic carbocycles. The number of rotatable bonds is 6. The Kier molecular flexibility index (Phi) is 5.29. The molecule has 0 amide bonds. The molecule has 0 radical (unpaired) electrons. The fourth-order valence-corrected chi connectivity index (χ4v) is 5.92. The van der Waals surface area contributed by atoms with Gasteiger partial charge in [-0.3, -0.25) is 4.72 Å². The van der Waals surface area contributed by atoms with E-state index in [1.165, 1.54) is 34.4 Å². The number of aryl methyl sites for hydroxylation is 1. The van der Waals surface area contributed by atoms with Gasteiger partial charge in [-0.15, -0.1) is 34.4 Å². The molecule has 3 aromatic rings. The van der Waals surface area contributed by atoms with Gasteiger partial charge in [-0.25, -0.2) is 13.4 Å². The molecule has 0 fully saturated rings. The second-order valence-electron chi connectivity index (χ2n) is 4.96. The third-order valence-electron chi connectivity index (χ3n) is 3.35. The number of sulfonamides is 1. The van der Waals surface area contributed by atoms with Gasteiger partial charge in [0.1, 0.15) is 9.22 Å². The zero-order valence-corrected chi connectivity index (χ0v) is 16.4. The number of hydrogen-bond donors (Lipinski definition) is 1. The Morgan fingerprint density at radius 2 is 2.00 bits per heavy atom. The van der Waals surface area contributed by atoms with Crippen LogP contribution in [0.25, 0.3) is 10.6 Å². The first-order chi connectivity index (χ1) is 11.5. The van der Waals surface area contributed by atoms with Crippen molar-refractivity contribution >= 4 is 50.1 Å². The second-order valence-corrected chi connectivity index (χ2v) is 9.48. The van der Waals surface area contributed by atoms with E-state index >= 15 is 0 Å². The first kappa shape index (κ1) is 17.5. The average molecular weight is 397 g/mol. The normalized spacial score (nSPS) is 11.6. The molecule has 0 atom stereocenters. The van der Waals surface area contributed by atoms with Crippen LogP contribution in [0.4, 0.5) is 5.69 Å². The average Bonchev–Trinajstić information content (AvgIpc) is 3.24. The van der Waals surface area contributed by atoms with E-state index < -0.39 is 10.0 Å². The van der Waals surface area contributed by atoms with Gasteiger partial charge in [0.05, 0.1) is 11.4 Å². The molecule has 3 rings (SSSR count). The molecule has 4 nitrogen and oxygen atoms in total. The SMILES string of the molecule is CCc1csc(-c2csc(S(=O)(=O)Nc3ccccc3SC)c2)n1. The summed E-state index contributed by atoms with van der Waals surface area (Å²) >= 11 is 4.26. The fourth-order valence-electron chi connectivity index (χ4n) is 2.10. The van der Waals surface area contributed by atoms with Gasteiger partial charge in [-0.05, 0) is 30.9 Å². The van der Waals surface area contributed by atoms with E-state index in [0.29, 0.717) is 9.90 Å². The molecule has 0 unspecified atom stereocenters. The zero-order chi connectivity index (χ0) is 17.2. The number of para-hydroxylation sites is 1. The van der Waals surface area contributed by atoms with Gasteiger partial charge in [0.25, 0.3) is 10.0 Å². The van der Waals surface area contributed by atoms with Crippen LogP contribution in [0, 0.1) is 0 Å². The topological polar surface area (TPSA) is 59.1 Å². The van der Waals surface area contributed by atoms with Crippen molar-refractivity contribution in [3.8, 4) is 10.6 Å². The number of nitrogens with one attached hydrogen (secondary N) is 1. The van der Waals surface area contributed by atoms with E-state index in [9.17, 15) is 8.42 Å². The molecule has 0 saturated heterocycles. The van der Waals surface area contributed by atoms with Crippen molar-refractivity contribution in [2.24, 2.45) is 0 Å². The van der Waals surface area contributed by atoms with E-state index in [4.69, 9.17) is 0 Å². The highest BCUT2D eigenvalue weighted by Crippen LogP contribution is 2.33. The van der Waals surface area contributed by atoms with Gasteiger partial charge in [-0.1, -0.05) is 19.1 Å². The second kappa shape index (κ2) is 7.26. The minimum Gasteiger partial charge on any atom is -0.278 e. The lowest BCUT2D eigenvalue weighted by molar-refractivity contribution is 0.603. The molecule has 1 aromatic carbocycles. The van der Waals surface area contributed by atoms with E-state index in [-0.39, 0.29) is 0 Å². The minimum atomic E-state index is -3.60. The van der Waals surface area contributed by atoms with Crippen LogP contribution in [0.5, 0.6) is 0 Å². The maximum Gasteiger partial charge on any atom is 0.271 e. The van der Waals surface area contributed by atoms with Crippen molar-refractivity contribution in [1.29, 1.82) is 0 Å². The quantitative estimate of drug-likeness (QED) is 0.599. The van der Waals surface area contributed by atoms with Crippen molar-refractivity contribution in [2.45, 2.75) is 22.4 Å². The Morgan fingerprint density at radius 3 is 2.71 bits per heavy atom. The van der Waals surface area contributed by atoms with Crippen molar-refractivity contribution < 1.29 is 8.42 Å². The van der Waals surface area contributed by atoms with Crippen molar-refractivity contribution in [3.05, 3.63) is 46.8 Å². The number of nitrogens with zero attached hydrogens (tertiary/aromatic N) is 1. The summed E-state index contributed by atoms with van der Waals surface area (Å²) in [5.74, 6) is 0. The van der Waals surface area contributed by atoms with E-state index in [1.54, 1.807) is 12.1 Å². The maximum atomic E-state index is 12.6. The molecule has 24 heavy (non-hydrogen) atoms. The molecule has 8 heteroatoms. The van der Waals surface area contributed by atoms with Crippen LogP contribution in [0.3, 0.4) is 0 Å². The predicted octanol–water partition coefficient (Wildman–Crippen LogP) is 4.96. The van der Waals surface area contributed by atoms with Crippen LogP contribution in [0.1, 0.15) is 12.6 Å². The molecule has 2 heterocycles. The van der Waals surface area contributed by atoms with Gasteiger partial charge < -0.3 is 0 Å². The lowest BCUT2D eigenvalue weighted by Crippen LogP contribution is -2.12. The third kappa shape index (κ3) is 3.66. The number of thiazole rings is 1. The minimum absolute atomic E-state index is 0.293. The van der Waals surface area contributed by atoms with Gasteiger partial charge in [-0.2, -0.15) is 0 Å². The van der Waals surface area contributed by atoms with E-state index in [0.717, 1.165) is 27.6 Å². The molecular weight excluding hydrogens is 380 g/mol. The molecule has 126 valence electrons. The highest BCUT2D eigenvalue weighted by atomic mass is 32.2. The Morgan fingerprint density at radius 1 is 1.21 bits per heavy atom. The molecule has 0 saturated carbocycles. The zero-order valence-electron chi connectivity index (χ0n) is 13.1. The van der Waals surface area contributed by atoms with Gasteiger partial charge in [0, 0.05) is 21.2 Å². The number of aromatic nitrogens is 1. The number of thioether (sulfide) groups is 1. The summed E-state index contributed by atoms with van der Waals surface area (Å²) in [6.07, 6.45) is 2.79. The van der Waals surface area contributed by atoms with Crippen LogP contribution in [0.2, 0.25) is 0 Å². The largest absolute Gasteiger partial charge is 0.278 e. The maximum absolute atomic E-state index is 12.6. The fraction of sp³-hybridized carbons (Fsp3) is 0.188. The van der Waals surface area contributed by atoms with Crippen LogP contribution in [-0.2, 0) is 16.4 Å². The summed E-state index contributed by atoms with van der Waals surface area (Å²) < 4.78 is 28.3. The molecule has 2 aromatic heterocycles. The van der Waals surface area contributed by atoms with Crippen molar-refractivity contribution in [3.63, 3.8) is 0 Å². The number of hydrogen-bond acceptors (Lipinski definition) is 6. The summed E-state index contributed by atoms with van der Waals surface area (Å²) in [4.78, 5) is 5.41. The highest BCUT2D eigenvalue weighted by molar-refractivity contribution is 7.99. The third-order valence-corrected chi connectivity index (χ3v) is 7.89. The van der Waals surface area contributed by atoms with Crippen LogP contribution in [-0.4, -0.2) is 19.7 Å². The molecule has 0 aliphatic heterocycles. The monoisotopic (exact) mass is 396 g/mol. The Balaban J connectivity index is 1.88. The summed E-state index contributed by atoms with van der Waals surface area (Å²) in [6.45, 7) is 2.05. The first-order valence-electron chi connectivity index (χ1n) is 7.22. The van der Waals surface area contributed by atoms with Crippen LogP contribution < -0.4 is 4.72 Å². The Bertz CT molecular complexity index is 944. The smallest absolute Gasteiger partial charge is 0.271 e. The Labute approximate surface area is 154 Å². The highest BCUT2D eigenvalue weighted by Gasteiger charge is 2.19. The van der Waals surface area contributed by atoms with E-state index in [1.807, 2.05) is 35.2 Å². The molecule has 0 spiro atoms. The molecule has 0 bridgehead atoms. The van der Waals surface area contributed by atoms with Crippen LogP contribution >= 0.6 is 34.4 Å². The molecular formula is C16H16N2O2S4. The number of thiophene rings is 1. The summed E-state index contributed by atoms with van der Waals surface area (Å²) in [5.41, 5.74) is 2.48. The van der Waals surface area contributed by atoms with Crippen molar-refractivity contribution in [2.75, 3.05) is 11.0 Å².